The van der Waals surface area contributed by atoms with E-state index in [1.165, 1.54) is 4.89 Å². The number of hydrazine groups is 1. The molecule has 0 aliphatic heterocycles. The lowest BCUT2D eigenvalue weighted by atomic mass is 10.1. The number of hydrogen-bond donors (Lipinski definition) is 4. The molecule has 0 fully saturated rings. The van der Waals surface area contributed by atoms with E-state index >= 15 is 0 Å². The Bertz CT molecular complexity index is 434. The van der Waals surface area contributed by atoms with Crippen LogP contribution in [0.3, 0.4) is 0 Å². The molecular formula is C9H17N3O3S. The van der Waals surface area contributed by atoms with Gasteiger partial charge in [-0.25, -0.2) is 8.42 Å². The summed E-state index contributed by atoms with van der Waals surface area (Å²) in [7, 11) is -3.77. The molecule has 16 heavy (non-hydrogen) atoms. The third kappa shape index (κ3) is 3.26. The van der Waals surface area contributed by atoms with Crippen LogP contribution in [-0.4, -0.2) is 13.6 Å². The molecule has 92 valence electrons. The molecule has 0 aliphatic carbocycles. The van der Waals surface area contributed by atoms with E-state index < -0.39 is 10.0 Å². The summed E-state index contributed by atoms with van der Waals surface area (Å²) in [5.74, 6) is 8.00. The average Bonchev–Trinajstić information content (AvgIpc) is 2.18. The first-order chi connectivity index (χ1) is 7.38. The summed E-state index contributed by atoms with van der Waals surface area (Å²) >= 11 is 0. The Labute approximate surface area is 95.2 Å². The number of nitrogens with two attached hydrogens (primary N) is 2. The summed E-state index contributed by atoms with van der Waals surface area (Å²) in [5.41, 5.74) is 2.25. The molecule has 0 unspecified atom stereocenters. The Morgan fingerprint density at radius 1 is 1.12 bits per heavy atom. The van der Waals surface area contributed by atoms with E-state index in [9.17, 15) is 8.42 Å². The Hall–Kier alpha value is -0.990. The number of benzene rings is 1. The number of rotatable bonds is 2. The predicted molar refractivity (Wildman–Crippen MR) is 61.1 cm³/mol. The maximum Gasteiger partial charge on any atom is 0.262 e. The highest BCUT2D eigenvalue weighted by molar-refractivity contribution is 7.89. The number of aryl methyl sites for hydroxylation is 3. The van der Waals surface area contributed by atoms with Crippen molar-refractivity contribution in [3.8, 4) is 0 Å². The van der Waals surface area contributed by atoms with Crippen molar-refractivity contribution in [3.63, 3.8) is 0 Å². The molecule has 6 nitrogen and oxygen atoms in total. The number of sulfonamides is 1. The van der Waals surface area contributed by atoms with Crippen molar-refractivity contribution < 1.29 is 13.6 Å². The van der Waals surface area contributed by atoms with Crippen LogP contribution in [-0.2, 0) is 10.0 Å². The Balaban J connectivity index is 0.00000106. The highest BCUT2D eigenvalue weighted by atomic mass is 32.2. The molecule has 0 atom stereocenters. The van der Waals surface area contributed by atoms with Crippen LogP contribution in [0.1, 0.15) is 16.7 Å². The largest absolute Gasteiger partial charge is 0.302 e. The molecule has 0 saturated heterocycles. The molecular weight excluding hydrogens is 230 g/mol. The molecule has 0 heterocycles. The molecule has 6 N–H and O–H groups in total. The van der Waals surface area contributed by atoms with E-state index in [1.54, 1.807) is 26.0 Å². The van der Waals surface area contributed by atoms with E-state index in [0.29, 0.717) is 11.1 Å². The second-order valence-corrected chi connectivity index (χ2v) is 4.92. The minimum absolute atomic E-state index is 0.144. The normalized spacial score (nSPS) is 10.6. The Kier molecular flexibility index (Phi) is 5.56. The van der Waals surface area contributed by atoms with Crippen molar-refractivity contribution in [1.82, 2.24) is 4.89 Å². The Morgan fingerprint density at radius 3 is 1.81 bits per heavy atom. The van der Waals surface area contributed by atoms with Gasteiger partial charge in [-0.05, 0) is 31.9 Å². The molecule has 7 heteroatoms. The second kappa shape index (κ2) is 5.92. The maximum absolute atomic E-state index is 11.4. The summed E-state index contributed by atoms with van der Waals surface area (Å²) < 4.78 is 22.8. The molecule has 1 aromatic carbocycles. The van der Waals surface area contributed by atoms with Crippen molar-refractivity contribution in [2.75, 3.05) is 0 Å². The van der Waals surface area contributed by atoms with Gasteiger partial charge in [0.15, 0.2) is 0 Å². The lowest BCUT2D eigenvalue weighted by Gasteiger charge is -2.10. The zero-order chi connectivity index (χ0) is 12.9. The first-order valence-electron chi connectivity index (χ1n) is 4.45. The molecule has 1 aromatic rings. The van der Waals surface area contributed by atoms with E-state index in [-0.39, 0.29) is 4.90 Å². The first-order valence-corrected chi connectivity index (χ1v) is 5.94. The summed E-state index contributed by atoms with van der Waals surface area (Å²) in [5, 5.41) is 8.53. The molecule has 0 amide bonds. The van der Waals surface area contributed by atoms with Gasteiger partial charge in [0.1, 0.15) is 0 Å². The first kappa shape index (κ1) is 15.0. The van der Waals surface area contributed by atoms with Crippen LogP contribution in [0.4, 0.5) is 0 Å². The van der Waals surface area contributed by atoms with Crippen molar-refractivity contribution in [2.24, 2.45) is 11.7 Å². The SMILES string of the molecule is Cc1cc(C)c(S(=O)(=O)NO)c(C)c1.NN. The van der Waals surface area contributed by atoms with Crippen LogP contribution in [0.15, 0.2) is 17.0 Å². The molecule has 0 bridgehead atoms. The molecule has 0 spiro atoms. The zero-order valence-corrected chi connectivity index (χ0v) is 10.3. The molecule has 0 aromatic heterocycles. The van der Waals surface area contributed by atoms with Gasteiger partial charge in [0.25, 0.3) is 10.0 Å². The predicted octanol–water partition coefficient (Wildman–Crippen LogP) is 0.0982. The van der Waals surface area contributed by atoms with Gasteiger partial charge in [-0.3, -0.25) is 11.7 Å². The van der Waals surface area contributed by atoms with Gasteiger partial charge in [-0.1, -0.05) is 22.6 Å². The quantitative estimate of drug-likeness (QED) is 0.436. The summed E-state index contributed by atoms with van der Waals surface area (Å²) in [6.07, 6.45) is 0. The van der Waals surface area contributed by atoms with E-state index in [4.69, 9.17) is 5.21 Å². The number of nitrogens with one attached hydrogen (secondary N) is 1. The van der Waals surface area contributed by atoms with Gasteiger partial charge in [0, 0.05) is 0 Å². The standard InChI is InChI=1S/C9H13NO3S.H4N2/c1-6-4-7(2)9(8(3)5-6)14(12,13)10-11;1-2/h4-5,10-11H,1-3H3;1-2H2. The van der Waals surface area contributed by atoms with Gasteiger partial charge in [0.05, 0.1) is 4.90 Å². The van der Waals surface area contributed by atoms with Crippen LogP contribution in [0.5, 0.6) is 0 Å². The van der Waals surface area contributed by atoms with Crippen molar-refractivity contribution in [2.45, 2.75) is 25.7 Å². The van der Waals surface area contributed by atoms with Gasteiger partial charge in [0.2, 0.25) is 0 Å². The van der Waals surface area contributed by atoms with Crippen molar-refractivity contribution >= 4 is 10.0 Å². The van der Waals surface area contributed by atoms with Gasteiger partial charge >= 0.3 is 0 Å². The maximum atomic E-state index is 11.4. The van der Waals surface area contributed by atoms with Crippen molar-refractivity contribution in [1.29, 1.82) is 0 Å². The topological polar surface area (TPSA) is 118 Å². The highest BCUT2D eigenvalue weighted by Gasteiger charge is 2.18. The minimum atomic E-state index is -3.77. The summed E-state index contributed by atoms with van der Waals surface area (Å²) in [6, 6.07) is 3.52. The smallest absolute Gasteiger partial charge is 0.262 e. The second-order valence-electron chi connectivity index (χ2n) is 3.32. The minimum Gasteiger partial charge on any atom is -0.302 e. The fraction of sp³-hybridized carbons (Fsp3) is 0.333. The summed E-state index contributed by atoms with van der Waals surface area (Å²) in [6.45, 7) is 5.29. The van der Waals surface area contributed by atoms with Crippen LogP contribution in [0.25, 0.3) is 0 Å². The van der Waals surface area contributed by atoms with E-state index in [0.717, 1.165) is 5.56 Å². The van der Waals surface area contributed by atoms with E-state index in [1.807, 2.05) is 6.92 Å². The number of hydrogen-bond acceptors (Lipinski definition) is 5. The average molecular weight is 247 g/mol. The summed E-state index contributed by atoms with van der Waals surface area (Å²) in [4.78, 5) is 1.48. The Morgan fingerprint density at radius 2 is 1.50 bits per heavy atom. The van der Waals surface area contributed by atoms with Crippen LogP contribution in [0, 0.1) is 20.8 Å². The fourth-order valence-corrected chi connectivity index (χ4v) is 2.69. The fourth-order valence-electron chi connectivity index (χ4n) is 1.64. The van der Waals surface area contributed by atoms with Crippen LogP contribution in [0.2, 0.25) is 0 Å². The monoisotopic (exact) mass is 247 g/mol. The lowest BCUT2D eigenvalue weighted by Crippen LogP contribution is -2.21. The van der Waals surface area contributed by atoms with E-state index in [2.05, 4.69) is 11.7 Å². The van der Waals surface area contributed by atoms with Crippen molar-refractivity contribution in [3.05, 3.63) is 28.8 Å². The zero-order valence-electron chi connectivity index (χ0n) is 9.48. The molecule has 0 saturated carbocycles. The third-order valence-electron chi connectivity index (χ3n) is 1.99. The van der Waals surface area contributed by atoms with Crippen LogP contribution >= 0.6 is 0 Å². The lowest BCUT2D eigenvalue weighted by molar-refractivity contribution is 0.242. The third-order valence-corrected chi connectivity index (χ3v) is 3.42. The molecule has 0 radical (unpaired) electrons. The van der Waals surface area contributed by atoms with Crippen LogP contribution < -0.4 is 16.6 Å². The van der Waals surface area contributed by atoms with Gasteiger partial charge in [-0.15, -0.1) is 0 Å². The van der Waals surface area contributed by atoms with Gasteiger partial charge < -0.3 is 5.21 Å². The van der Waals surface area contributed by atoms with Gasteiger partial charge in [-0.2, -0.15) is 0 Å². The highest BCUT2D eigenvalue weighted by Crippen LogP contribution is 2.20. The molecule has 0 aliphatic rings. The molecule has 1 rings (SSSR count).